The van der Waals surface area contributed by atoms with Gasteiger partial charge < -0.3 is 10.2 Å². The summed E-state index contributed by atoms with van der Waals surface area (Å²) in [6, 6.07) is 0. The van der Waals surface area contributed by atoms with Crippen LogP contribution in [0.1, 0.15) is 41.5 Å². The third-order valence-corrected chi connectivity index (χ3v) is 1.88. The Kier molecular flexibility index (Phi) is 4.53. The Morgan fingerprint density at radius 2 is 1.50 bits per heavy atom. The summed E-state index contributed by atoms with van der Waals surface area (Å²) in [5.41, 5.74) is -0.709. The Morgan fingerprint density at radius 3 is 1.81 bits per heavy atom. The monoisotopic (exact) mass is 228 g/mol. The largest absolute Gasteiger partial charge is 0.350 e. The first-order valence-electron chi connectivity index (χ1n) is 5.50. The van der Waals surface area contributed by atoms with Gasteiger partial charge in [0, 0.05) is 18.0 Å². The summed E-state index contributed by atoms with van der Waals surface area (Å²) in [7, 11) is 1.65. The summed E-state index contributed by atoms with van der Waals surface area (Å²) >= 11 is 0. The highest BCUT2D eigenvalue weighted by Crippen LogP contribution is 2.16. The number of hydrogen-bond donors (Lipinski definition) is 1. The first-order valence-corrected chi connectivity index (χ1v) is 5.50. The molecule has 0 aliphatic carbocycles. The molecule has 0 bridgehead atoms. The van der Waals surface area contributed by atoms with Crippen LogP contribution in [0.2, 0.25) is 0 Å². The van der Waals surface area contributed by atoms with Gasteiger partial charge in [-0.3, -0.25) is 9.59 Å². The summed E-state index contributed by atoms with van der Waals surface area (Å²) in [5, 5.41) is 2.82. The Morgan fingerprint density at radius 1 is 1.06 bits per heavy atom. The fourth-order valence-corrected chi connectivity index (χ4v) is 1.32. The molecule has 0 saturated carbocycles. The lowest BCUT2D eigenvalue weighted by atomic mass is 9.95. The van der Waals surface area contributed by atoms with Crippen LogP contribution in [0.15, 0.2) is 0 Å². The molecule has 0 atom stereocenters. The van der Waals surface area contributed by atoms with Gasteiger partial charge in [0.15, 0.2) is 0 Å². The zero-order chi connectivity index (χ0) is 13.1. The first-order chi connectivity index (χ1) is 6.93. The maximum Gasteiger partial charge on any atom is 0.240 e. The second-order valence-corrected chi connectivity index (χ2v) is 6.21. The van der Waals surface area contributed by atoms with Crippen LogP contribution in [0.5, 0.6) is 0 Å². The van der Waals surface area contributed by atoms with Crippen LogP contribution in [-0.2, 0) is 9.59 Å². The van der Waals surface area contributed by atoms with E-state index in [0.717, 1.165) is 0 Å². The molecule has 1 N–H and O–H groups in total. The minimum absolute atomic E-state index is 0.0310. The van der Waals surface area contributed by atoms with E-state index in [9.17, 15) is 9.59 Å². The van der Waals surface area contributed by atoms with E-state index in [2.05, 4.69) is 5.32 Å². The van der Waals surface area contributed by atoms with Crippen molar-refractivity contribution in [2.24, 2.45) is 5.41 Å². The predicted molar refractivity (Wildman–Crippen MR) is 65.0 cm³/mol. The number of nitrogens with one attached hydrogen (secondary N) is 1. The Bertz CT molecular complexity index is 272. The molecule has 94 valence electrons. The van der Waals surface area contributed by atoms with Crippen LogP contribution in [0, 0.1) is 5.41 Å². The molecule has 0 fully saturated rings. The van der Waals surface area contributed by atoms with Gasteiger partial charge in [-0.25, -0.2) is 0 Å². The van der Waals surface area contributed by atoms with E-state index in [1.807, 2.05) is 41.5 Å². The van der Waals surface area contributed by atoms with Crippen LogP contribution in [0.4, 0.5) is 0 Å². The van der Waals surface area contributed by atoms with E-state index in [4.69, 9.17) is 0 Å². The van der Waals surface area contributed by atoms with Crippen LogP contribution < -0.4 is 5.32 Å². The predicted octanol–water partition coefficient (Wildman–Crippen LogP) is 1.41. The highest BCUT2D eigenvalue weighted by Gasteiger charge is 2.26. The molecule has 0 heterocycles. The summed E-state index contributed by atoms with van der Waals surface area (Å²) in [5.74, 6) is -0.163. The fourth-order valence-electron chi connectivity index (χ4n) is 1.32. The van der Waals surface area contributed by atoms with Gasteiger partial charge in [0.25, 0.3) is 0 Å². The maximum atomic E-state index is 11.8. The van der Waals surface area contributed by atoms with Crippen molar-refractivity contribution < 1.29 is 9.59 Å². The molecule has 0 unspecified atom stereocenters. The van der Waals surface area contributed by atoms with E-state index in [1.165, 1.54) is 4.90 Å². The van der Waals surface area contributed by atoms with Crippen molar-refractivity contribution in [3.8, 4) is 0 Å². The lowest BCUT2D eigenvalue weighted by molar-refractivity contribution is -0.141. The molecule has 0 aromatic rings. The molecule has 4 heteroatoms. The van der Waals surface area contributed by atoms with Crippen LogP contribution in [0.25, 0.3) is 0 Å². The number of hydrogen-bond acceptors (Lipinski definition) is 2. The highest BCUT2D eigenvalue weighted by atomic mass is 16.2. The molecule has 0 aliphatic heterocycles. The van der Waals surface area contributed by atoms with Crippen molar-refractivity contribution in [2.45, 2.75) is 47.1 Å². The van der Waals surface area contributed by atoms with E-state index >= 15 is 0 Å². The molecule has 0 spiro atoms. The molecule has 0 aromatic carbocycles. The molecule has 0 aliphatic rings. The van der Waals surface area contributed by atoms with Gasteiger partial charge in [-0.1, -0.05) is 20.8 Å². The highest BCUT2D eigenvalue weighted by molar-refractivity contribution is 5.87. The summed E-state index contributed by atoms with van der Waals surface area (Å²) in [4.78, 5) is 24.9. The van der Waals surface area contributed by atoms with Crippen LogP contribution in [0.3, 0.4) is 0 Å². The molecule has 0 rings (SSSR count). The lowest BCUT2D eigenvalue weighted by Crippen LogP contribution is -2.48. The molecular formula is C12H24N2O2. The zero-order valence-corrected chi connectivity index (χ0v) is 11.5. The number of rotatable bonds is 2. The van der Waals surface area contributed by atoms with E-state index in [1.54, 1.807) is 7.05 Å². The van der Waals surface area contributed by atoms with Crippen LogP contribution >= 0.6 is 0 Å². The number of likely N-dealkylation sites (N-methyl/N-ethyl adjacent to an activating group) is 1. The Balaban J connectivity index is 4.32. The minimum Gasteiger partial charge on any atom is -0.350 e. The van der Waals surface area contributed by atoms with Crippen molar-refractivity contribution in [1.29, 1.82) is 0 Å². The van der Waals surface area contributed by atoms with E-state index in [0.29, 0.717) is 0 Å². The van der Waals surface area contributed by atoms with Crippen molar-refractivity contribution in [1.82, 2.24) is 10.2 Å². The third kappa shape index (κ3) is 5.73. The molecule has 0 radical (unpaired) electrons. The number of carbonyl (C=O) groups excluding carboxylic acids is 2. The Hall–Kier alpha value is -1.06. The smallest absolute Gasteiger partial charge is 0.240 e. The molecule has 16 heavy (non-hydrogen) atoms. The topological polar surface area (TPSA) is 49.4 Å². The normalized spacial score (nSPS) is 12.2. The molecule has 0 saturated heterocycles. The average Bonchev–Trinajstić information content (AvgIpc) is 1.96. The van der Waals surface area contributed by atoms with Gasteiger partial charge >= 0.3 is 0 Å². The van der Waals surface area contributed by atoms with Crippen molar-refractivity contribution in [2.75, 3.05) is 13.6 Å². The average molecular weight is 228 g/mol. The van der Waals surface area contributed by atoms with Gasteiger partial charge in [0.1, 0.15) is 0 Å². The second-order valence-electron chi connectivity index (χ2n) is 6.21. The van der Waals surface area contributed by atoms with Gasteiger partial charge in [-0.15, -0.1) is 0 Å². The first kappa shape index (κ1) is 14.9. The molecule has 2 amide bonds. The van der Waals surface area contributed by atoms with Crippen molar-refractivity contribution >= 4 is 11.8 Å². The van der Waals surface area contributed by atoms with Crippen LogP contribution in [-0.4, -0.2) is 35.8 Å². The number of amides is 2. The van der Waals surface area contributed by atoms with Gasteiger partial charge in [-0.2, -0.15) is 0 Å². The standard InChI is InChI=1S/C12H24N2O2/c1-11(2,3)10(16)14(7)8-9(15)13-12(4,5)6/h8H2,1-7H3,(H,13,15). The Labute approximate surface area is 98.4 Å². The molecule has 4 nitrogen and oxygen atoms in total. The zero-order valence-electron chi connectivity index (χ0n) is 11.5. The summed E-state index contributed by atoms with van der Waals surface area (Å²) in [6.07, 6.45) is 0. The van der Waals surface area contributed by atoms with Gasteiger partial charge in [0.05, 0.1) is 6.54 Å². The number of carbonyl (C=O) groups is 2. The van der Waals surface area contributed by atoms with Crippen molar-refractivity contribution in [3.05, 3.63) is 0 Å². The maximum absolute atomic E-state index is 11.8. The minimum atomic E-state index is -0.448. The van der Waals surface area contributed by atoms with Gasteiger partial charge in [-0.05, 0) is 20.8 Å². The van der Waals surface area contributed by atoms with E-state index < -0.39 is 5.41 Å². The second kappa shape index (κ2) is 4.85. The summed E-state index contributed by atoms with van der Waals surface area (Å²) in [6.45, 7) is 11.4. The SMILES string of the molecule is CN(CC(=O)NC(C)(C)C)C(=O)C(C)(C)C. The van der Waals surface area contributed by atoms with Gasteiger partial charge in [0.2, 0.25) is 11.8 Å². The molecular weight excluding hydrogens is 204 g/mol. The van der Waals surface area contributed by atoms with E-state index in [-0.39, 0.29) is 23.9 Å². The van der Waals surface area contributed by atoms with Crippen molar-refractivity contribution in [3.63, 3.8) is 0 Å². The quantitative estimate of drug-likeness (QED) is 0.777. The number of nitrogens with zero attached hydrogens (tertiary/aromatic N) is 1. The third-order valence-electron chi connectivity index (χ3n) is 1.88. The summed E-state index contributed by atoms with van der Waals surface area (Å²) < 4.78 is 0. The lowest BCUT2D eigenvalue weighted by Gasteiger charge is -2.27. The fraction of sp³-hybridized carbons (Fsp3) is 0.833. The molecule has 0 aromatic heterocycles.